The fourth-order valence-electron chi connectivity index (χ4n) is 1.82. The van der Waals surface area contributed by atoms with E-state index in [1.54, 1.807) is 7.11 Å². The Morgan fingerprint density at radius 3 is 2.50 bits per heavy atom. The molecule has 5 heteroatoms. The number of amides is 1. The average molecular weight is 229 g/mol. The molecule has 92 valence electrons. The van der Waals surface area contributed by atoms with Crippen molar-refractivity contribution in [2.24, 2.45) is 11.8 Å². The molecule has 1 saturated carbocycles. The van der Waals surface area contributed by atoms with Crippen LogP contribution in [0.4, 0.5) is 0 Å². The molecule has 0 heterocycles. The third-order valence-corrected chi connectivity index (χ3v) is 3.00. The van der Waals surface area contributed by atoms with Crippen LogP contribution in [0, 0.1) is 11.8 Å². The van der Waals surface area contributed by atoms with Crippen LogP contribution in [0.5, 0.6) is 0 Å². The molecule has 2 N–H and O–H groups in total. The maximum Gasteiger partial charge on any atom is 0.307 e. The molecule has 0 aliphatic heterocycles. The van der Waals surface area contributed by atoms with Crippen LogP contribution in [-0.2, 0) is 14.3 Å². The topological polar surface area (TPSA) is 75.6 Å². The van der Waals surface area contributed by atoms with Crippen LogP contribution in [0.1, 0.15) is 25.7 Å². The van der Waals surface area contributed by atoms with Crippen molar-refractivity contribution in [1.29, 1.82) is 0 Å². The van der Waals surface area contributed by atoms with Gasteiger partial charge in [-0.2, -0.15) is 0 Å². The highest BCUT2D eigenvalue weighted by molar-refractivity contribution is 5.86. The van der Waals surface area contributed by atoms with E-state index in [9.17, 15) is 9.59 Å². The van der Waals surface area contributed by atoms with Crippen LogP contribution in [0.2, 0.25) is 0 Å². The van der Waals surface area contributed by atoms with Crippen LogP contribution in [-0.4, -0.2) is 37.2 Å². The van der Waals surface area contributed by atoms with Gasteiger partial charge in [0.1, 0.15) is 0 Å². The molecule has 0 spiro atoms. The van der Waals surface area contributed by atoms with Crippen molar-refractivity contribution in [2.75, 3.05) is 20.3 Å². The van der Waals surface area contributed by atoms with Gasteiger partial charge in [-0.05, 0) is 25.7 Å². The maximum atomic E-state index is 11.6. The summed E-state index contributed by atoms with van der Waals surface area (Å²) in [7, 11) is 1.64. The molecule has 1 aliphatic rings. The predicted octanol–water partition coefficient (Wildman–Crippen LogP) is 0.640. The van der Waals surface area contributed by atoms with Crippen molar-refractivity contribution in [2.45, 2.75) is 25.7 Å². The first-order chi connectivity index (χ1) is 7.66. The minimum absolute atomic E-state index is 0.115. The summed E-state index contributed by atoms with van der Waals surface area (Å²) in [5.74, 6) is -1.76. The number of carbonyl (C=O) groups is 2. The van der Waals surface area contributed by atoms with E-state index in [1.165, 1.54) is 0 Å². The predicted molar refractivity (Wildman–Crippen MR) is 58.0 cm³/mol. The third kappa shape index (κ3) is 3.48. The summed E-state index contributed by atoms with van der Waals surface area (Å²) in [5.41, 5.74) is 0. The summed E-state index contributed by atoms with van der Waals surface area (Å²) in [5, 5.41) is 11.6. The molecule has 0 radical (unpaired) electrons. The molecule has 1 amide bonds. The molecule has 1 rings (SSSR count). The van der Waals surface area contributed by atoms with Gasteiger partial charge in [-0.25, -0.2) is 0 Å². The number of unbranched alkanes of at least 4 members (excludes halogenated alkanes) is 1. The highest BCUT2D eigenvalue weighted by Crippen LogP contribution is 2.34. The highest BCUT2D eigenvalue weighted by atomic mass is 16.5. The summed E-state index contributed by atoms with van der Waals surface area (Å²) < 4.78 is 4.89. The van der Waals surface area contributed by atoms with Gasteiger partial charge in [0, 0.05) is 20.3 Å². The number of ether oxygens (including phenoxy) is 1. The fourth-order valence-corrected chi connectivity index (χ4v) is 1.82. The van der Waals surface area contributed by atoms with E-state index in [1.807, 2.05) is 0 Å². The Kier molecular flexibility index (Phi) is 5.25. The lowest BCUT2D eigenvalue weighted by Gasteiger charge is -2.31. The van der Waals surface area contributed by atoms with E-state index >= 15 is 0 Å². The van der Waals surface area contributed by atoms with Crippen molar-refractivity contribution >= 4 is 11.9 Å². The minimum atomic E-state index is -0.856. The first-order valence-electron chi connectivity index (χ1n) is 5.66. The Hall–Kier alpha value is -1.10. The minimum Gasteiger partial charge on any atom is -0.481 e. The molecule has 1 aliphatic carbocycles. The summed E-state index contributed by atoms with van der Waals surface area (Å²) in [6.07, 6.45) is 3.09. The molecule has 16 heavy (non-hydrogen) atoms. The average Bonchev–Trinajstić information content (AvgIpc) is 2.14. The number of carbonyl (C=O) groups excluding carboxylic acids is 1. The van der Waals surface area contributed by atoms with E-state index in [4.69, 9.17) is 9.84 Å². The molecule has 5 nitrogen and oxygen atoms in total. The molecule has 2 unspecified atom stereocenters. The molecular formula is C11H19NO4. The van der Waals surface area contributed by atoms with Crippen LogP contribution in [0.3, 0.4) is 0 Å². The molecule has 0 aromatic carbocycles. The lowest BCUT2D eigenvalue weighted by molar-refractivity contribution is -0.152. The Morgan fingerprint density at radius 2 is 2.00 bits per heavy atom. The normalized spacial score (nSPS) is 23.6. The van der Waals surface area contributed by atoms with Crippen molar-refractivity contribution in [3.63, 3.8) is 0 Å². The third-order valence-electron chi connectivity index (χ3n) is 3.00. The summed E-state index contributed by atoms with van der Waals surface area (Å²) in [4.78, 5) is 22.3. The summed E-state index contributed by atoms with van der Waals surface area (Å²) >= 11 is 0. The monoisotopic (exact) mass is 229 g/mol. The van der Waals surface area contributed by atoms with Crippen molar-refractivity contribution in [3.05, 3.63) is 0 Å². The molecule has 0 bridgehead atoms. The molecule has 0 saturated heterocycles. The van der Waals surface area contributed by atoms with E-state index in [2.05, 4.69) is 5.32 Å². The fraction of sp³-hybridized carbons (Fsp3) is 0.818. The van der Waals surface area contributed by atoms with Crippen molar-refractivity contribution in [1.82, 2.24) is 5.32 Å². The zero-order valence-corrected chi connectivity index (χ0v) is 9.57. The summed E-state index contributed by atoms with van der Waals surface area (Å²) in [6, 6.07) is 0. The summed E-state index contributed by atoms with van der Waals surface area (Å²) in [6.45, 7) is 1.29. The SMILES string of the molecule is COCCCCNC(=O)C1CCC1C(=O)O. The van der Waals surface area contributed by atoms with Gasteiger partial charge in [0.05, 0.1) is 11.8 Å². The van der Waals surface area contributed by atoms with Gasteiger partial charge in [-0.15, -0.1) is 0 Å². The van der Waals surface area contributed by atoms with Gasteiger partial charge in [0.25, 0.3) is 0 Å². The Labute approximate surface area is 95.2 Å². The number of aliphatic carboxylic acids is 1. The number of hydrogen-bond acceptors (Lipinski definition) is 3. The number of rotatable bonds is 7. The molecule has 2 atom stereocenters. The molecule has 0 aromatic heterocycles. The van der Waals surface area contributed by atoms with Gasteiger partial charge in [0.15, 0.2) is 0 Å². The molecule has 0 aromatic rings. The second-order valence-corrected chi connectivity index (χ2v) is 4.12. The van der Waals surface area contributed by atoms with E-state index in [-0.39, 0.29) is 11.8 Å². The van der Waals surface area contributed by atoms with Crippen molar-refractivity contribution < 1.29 is 19.4 Å². The molecule has 1 fully saturated rings. The number of carboxylic acid groups (broad SMARTS) is 1. The number of carboxylic acids is 1. The number of methoxy groups -OCH3 is 1. The van der Waals surface area contributed by atoms with Crippen LogP contribution in [0.25, 0.3) is 0 Å². The Balaban J connectivity index is 2.13. The van der Waals surface area contributed by atoms with Crippen LogP contribution in [0.15, 0.2) is 0 Å². The first kappa shape index (κ1) is 13.0. The quantitative estimate of drug-likeness (QED) is 0.628. The molecular weight excluding hydrogens is 210 g/mol. The Bertz CT molecular complexity index is 254. The zero-order chi connectivity index (χ0) is 12.0. The van der Waals surface area contributed by atoms with Crippen LogP contribution >= 0.6 is 0 Å². The second kappa shape index (κ2) is 6.48. The lowest BCUT2D eigenvalue weighted by Crippen LogP contribution is -2.44. The van der Waals surface area contributed by atoms with Gasteiger partial charge in [-0.1, -0.05) is 0 Å². The van der Waals surface area contributed by atoms with Gasteiger partial charge >= 0.3 is 5.97 Å². The van der Waals surface area contributed by atoms with E-state index in [0.29, 0.717) is 26.0 Å². The number of hydrogen-bond donors (Lipinski definition) is 2. The standard InChI is InChI=1S/C11H19NO4/c1-16-7-3-2-6-12-10(13)8-4-5-9(8)11(14)15/h8-9H,2-7H2,1H3,(H,12,13)(H,14,15). The van der Waals surface area contributed by atoms with Crippen LogP contribution < -0.4 is 5.32 Å². The highest BCUT2D eigenvalue weighted by Gasteiger charge is 2.41. The van der Waals surface area contributed by atoms with E-state index < -0.39 is 11.9 Å². The number of nitrogens with one attached hydrogen (secondary N) is 1. The van der Waals surface area contributed by atoms with Gasteiger partial charge in [0.2, 0.25) is 5.91 Å². The van der Waals surface area contributed by atoms with Gasteiger partial charge in [-0.3, -0.25) is 9.59 Å². The maximum absolute atomic E-state index is 11.6. The largest absolute Gasteiger partial charge is 0.481 e. The lowest BCUT2D eigenvalue weighted by atomic mass is 9.73. The zero-order valence-electron chi connectivity index (χ0n) is 9.57. The Morgan fingerprint density at radius 1 is 1.31 bits per heavy atom. The van der Waals surface area contributed by atoms with Gasteiger partial charge < -0.3 is 15.2 Å². The van der Waals surface area contributed by atoms with Crippen molar-refractivity contribution in [3.8, 4) is 0 Å². The smallest absolute Gasteiger partial charge is 0.307 e. The second-order valence-electron chi connectivity index (χ2n) is 4.12. The first-order valence-corrected chi connectivity index (χ1v) is 5.66. The van der Waals surface area contributed by atoms with E-state index in [0.717, 1.165) is 12.8 Å².